The van der Waals surface area contributed by atoms with Crippen molar-refractivity contribution in [2.45, 2.75) is 22.6 Å². The average Bonchev–Trinajstić information content (AvgIpc) is 3.09. The van der Waals surface area contributed by atoms with Gasteiger partial charge in [0.1, 0.15) is 5.01 Å². The van der Waals surface area contributed by atoms with Crippen molar-refractivity contribution in [3.63, 3.8) is 0 Å². The number of hydrogen-bond donors (Lipinski definition) is 2. The molecule has 0 atom stereocenters. The number of aryl methyl sites for hydroxylation is 1. The zero-order valence-corrected chi connectivity index (χ0v) is 18.2. The van der Waals surface area contributed by atoms with Crippen molar-refractivity contribution < 1.29 is 13.2 Å². The van der Waals surface area contributed by atoms with Gasteiger partial charge in [-0.05, 0) is 43.3 Å². The largest absolute Gasteiger partial charge is 0.326 e. The molecule has 2 N–H and O–H groups in total. The molecule has 152 valence electrons. The fraction of sp³-hybridized carbons (Fsp3) is 0.188. The predicted molar refractivity (Wildman–Crippen MR) is 113 cm³/mol. The lowest BCUT2D eigenvalue weighted by Gasteiger charge is -2.08. The van der Waals surface area contributed by atoms with Crippen molar-refractivity contribution >= 4 is 62.1 Å². The summed E-state index contributed by atoms with van der Waals surface area (Å²) in [4.78, 5) is 12.1. The van der Waals surface area contributed by atoms with E-state index in [-0.39, 0.29) is 21.8 Å². The van der Waals surface area contributed by atoms with Gasteiger partial charge >= 0.3 is 0 Å². The number of rotatable bonds is 8. The Kier molecular flexibility index (Phi) is 7.00. The van der Waals surface area contributed by atoms with Gasteiger partial charge in [-0.25, -0.2) is 8.42 Å². The van der Waals surface area contributed by atoms with Crippen molar-refractivity contribution in [1.29, 1.82) is 0 Å². The molecule has 0 radical (unpaired) electrons. The van der Waals surface area contributed by atoms with E-state index in [1.807, 2.05) is 6.92 Å². The van der Waals surface area contributed by atoms with Crippen LogP contribution in [0.15, 0.2) is 45.6 Å². The molecule has 0 bridgehead atoms. The first-order valence-electron chi connectivity index (χ1n) is 8.17. The van der Waals surface area contributed by atoms with Crippen molar-refractivity contribution in [1.82, 2.24) is 20.4 Å². The summed E-state index contributed by atoms with van der Waals surface area (Å²) in [7, 11) is -3.84. The SMILES string of the molecule is Cc1nnc(SCCC(=O)Nc2ccc(S(=O)(=O)Nc3ccc(Cl)nn3)cc2)s1. The fourth-order valence-corrected chi connectivity index (χ4v) is 5.00. The number of carbonyl (C=O) groups excluding carboxylic acids is 1. The van der Waals surface area contributed by atoms with E-state index in [9.17, 15) is 13.2 Å². The molecule has 2 heterocycles. The summed E-state index contributed by atoms with van der Waals surface area (Å²) >= 11 is 8.58. The Morgan fingerprint density at radius 1 is 1.10 bits per heavy atom. The molecule has 9 nitrogen and oxygen atoms in total. The molecule has 0 saturated carbocycles. The topological polar surface area (TPSA) is 127 Å². The number of anilines is 2. The molecule has 3 rings (SSSR count). The number of amides is 1. The minimum Gasteiger partial charge on any atom is -0.326 e. The van der Waals surface area contributed by atoms with Crippen LogP contribution in [0.25, 0.3) is 0 Å². The number of benzene rings is 1. The van der Waals surface area contributed by atoms with Crippen LogP contribution in [0.3, 0.4) is 0 Å². The minimum atomic E-state index is -3.84. The Balaban J connectivity index is 1.53. The first-order chi connectivity index (χ1) is 13.8. The fourth-order valence-electron chi connectivity index (χ4n) is 2.08. The lowest BCUT2D eigenvalue weighted by molar-refractivity contribution is -0.115. The predicted octanol–water partition coefficient (Wildman–Crippen LogP) is 3.21. The molecule has 0 spiro atoms. The Morgan fingerprint density at radius 3 is 2.48 bits per heavy atom. The van der Waals surface area contributed by atoms with E-state index >= 15 is 0 Å². The van der Waals surface area contributed by atoms with E-state index in [1.165, 1.54) is 59.5 Å². The number of thioether (sulfide) groups is 1. The second-order valence-electron chi connectivity index (χ2n) is 5.60. The highest BCUT2D eigenvalue weighted by Crippen LogP contribution is 2.23. The van der Waals surface area contributed by atoms with E-state index in [4.69, 9.17) is 11.6 Å². The number of nitrogens with zero attached hydrogens (tertiary/aromatic N) is 4. The maximum atomic E-state index is 12.4. The Labute approximate surface area is 180 Å². The number of aromatic nitrogens is 4. The van der Waals surface area contributed by atoms with Crippen LogP contribution in [0.1, 0.15) is 11.4 Å². The summed E-state index contributed by atoms with van der Waals surface area (Å²) in [5.74, 6) is 0.442. The van der Waals surface area contributed by atoms with E-state index < -0.39 is 10.0 Å². The minimum absolute atomic E-state index is 0.0226. The Morgan fingerprint density at radius 2 is 1.86 bits per heavy atom. The van der Waals surface area contributed by atoms with E-state index in [1.54, 1.807) is 0 Å². The zero-order valence-electron chi connectivity index (χ0n) is 15.0. The second-order valence-corrected chi connectivity index (χ2v) is 10.2. The quantitative estimate of drug-likeness (QED) is 0.480. The lowest BCUT2D eigenvalue weighted by Crippen LogP contribution is -2.15. The van der Waals surface area contributed by atoms with E-state index in [0.29, 0.717) is 17.9 Å². The smallest absolute Gasteiger partial charge is 0.263 e. The van der Waals surface area contributed by atoms with Crippen LogP contribution in [0, 0.1) is 6.92 Å². The maximum absolute atomic E-state index is 12.4. The molecule has 0 aliphatic heterocycles. The van der Waals surface area contributed by atoms with Crippen molar-refractivity contribution in [3.8, 4) is 0 Å². The Hall–Kier alpha value is -2.28. The molecular formula is C16H15ClN6O3S3. The zero-order chi connectivity index (χ0) is 20.9. The third kappa shape index (κ3) is 6.35. The first kappa shape index (κ1) is 21.4. The summed E-state index contributed by atoms with van der Waals surface area (Å²) in [6.45, 7) is 1.87. The monoisotopic (exact) mass is 470 g/mol. The molecule has 0 unspecified atom stereocenters. The number of nitrogens with one attached hydrogen (secondary N) is 2. The average molecular weight is 471 g/mol. The highest BCUT2D eigenvalue weighted by Gasteiger charge is 2.15. The summed E-state index contributed by atoms with van der Waals surface area (Å²) in [5.41, 5.74) is 0.497. The molecular weight excluding hydrogens is 456 g/mol. The highest BCUT2D eigenvalue weighted by atomic mass is 35.5. The van der Waals surface area contributed by atoms with Crippen LogP contribution in [0.4, 0.5) is 11.5 Å². The summed E-state index contributed by atoms with van der Waals surface area (Å²) in [5, 5.41) is 18.9. The van der Waals surface area contributed by atoms with Gasteiger partial charge in [-0.1, -0.05) is 34.7 Å². The third-order valence-electron chi connectivity index (χ3n) is 3.38. The van der Waals surface area contributed by atoms with E-state index in [2.05, 4.69) is 30.4 Å². The standard InChI is InChI=1S/C16H15ClN6O3S3/c1-10-19-22-16(28-10)27-9-8-15(24)18-11-2-4-12(5-3-11)29(25,26)23-14-7-6-13(17)20-21-14/h2-7H,8-9H2,1H3,(H,18,24)(H,21,23). The molecule has 1 amide bonds. The van der Waals surface area contributed by atoms with Gasteiger partial charge in [0.05, 0.1) is 4.90 Å². The Bertz CT molecular complexity index is 1090. The molecule has 13 heteroatoms. The van der Waals surface area contributed by atoms with Gasteiger partial charge in [-0.15, -0.1) is 20.4 Å². The maximum Gasteiger partial charge on any atom is 0.263 e. The molecule has 3 aromatic rings. The van der Waals surface area contributed by atoms with Gasteiger partial charge in [0, 0.05) is 17.9 Å². The molecule has 0 aliphatic rings. The first-order valence-corrected chi connectivity index (χ1v) is 11.8. The van der Waals surface area contributed by atoms with Crippen molar-refractivity contribution in [2.75, 3.05) is 15.8 Å². The third-order valence-corrected chi connectivity index (χ3v) is 6.93. The van der Waals surface area contributed by atoms with Crippen molar-refractivity contribution in [3.05, 3.63) is 46.6 Å². The number of hydrogen-bond acceptors (Lipinski definition) is 9. The normalized spacial score (nSPS) is 11.2. The molecule has 0 fully saturated rings. The molecule has 2 aromatic heterocycles. The number of halogens is 1. The van der Waals surface area contributed by atoms with Crippen LogP contribution in [-0.2, 0) is 14.8 Å². The van der Waals surface area contributed by atoms with Crippen LogP contribution >= 0.6 is 34.7 Å². The van der Waals surface area contributed by atoms with Crippen LogP contribution < -0.4 is 10.0 Å². The van der Waals surface area contributed by atoms with E-state index in [0.717, 1.165) is 9.35 Å². The second kappa shape index (κ2) is 9.48. The summed E-state index contributed by atoms with van der Waals surface area (Å²) in [6.07, 6.45) is 0.292. The molecule has 0 aliphatic carbocycles. The van der Waals surface area contributed by atoms with Crippen LogP contribution in [0.5, 0.6) is 0 Å². The van der Waals surface area contributed by atoms with Gasteiger partial charge in [0.15, 0.2) is 15.3 Å². The van der Waals surface area contributed by atoms with Crippen molar-refractivity contribution in [2.24, 2.45) is 0 Å². The number of carbonyl (C=O) groups is 1. The molecule has 0 saturated heterocycles. The summed E-state index contributed by atoms with van der Waals surface area (Å²) in [6, 6.07) is 8.64. The molecule has 1 aromatic carbocycles. The van der Waals surface area contributed by atoms with Gasteiger partial charge in [0.2, 0.25) is 5.91 Å². The van der Waals surface area contributed by atoms with Crippen LogP contribution in [0.2, 0.25) is 5.15 Å². The van der Waals surface area contributed by atoms with Crippen LogP contribution in [-0.4, -0.2) is 40.5 Å². The summed E-state index contributed by atoms with van der Waals surface area (Å²) < 4.78 is 27.9. The lowest BCUT2D eigenvalue weighted by atomic mass is 10.3. The number of sulfonamides is 1. The van der Waals surface area contributed by atoms with Gasteiger partial charge in [-0.3, -0.25) is 9.52 Å². The molecule has 29 heavy (non-hydrogen) atoms. The highest BCUT2D eigenvalue weighted by molar-refractivity contribution is 8.01. The van der Waals surface area contributed by atoms with Gasteiger partial charge in [-0.2, -0.15) is 0 Å². The van der Waals surface area contributed by atoms with Gasteiger partial charge in [0.25, 0.3) is 10.0 Å². The van der Waals surface area contributed by atoms with Gasteiger partial charge < -0.3 is 5.32 Å².